The second-order valence-corrected chi connectivity index (χ2v) is 7.61. The van der Waals surface area contributed by atoms with Gasteiger partial charge in [-0.25, -0.2) is 0 Å². The number of nitrogens with one attached hydrogen (secondary N) is 2. The van der Waals surface area contributed by atoms with Gasteiger partial charge < -0.3 is 10.6 Å². The quantitative estimate of drug-likeness (QED) is 0.235. The van der Waals surface area contributed by atoms with Crippen LogP contribution in [-0.4, -0.2) is 66.8 Å². The van der Waals surface area contributed by atoms with Crippen molar-refractivity contribution in [2.45, 2.75) is 45.1 Å². The first-order chi connectivity index (χ1) is 14.2. The number of benzene rings is 1. The molecule has 30 heavy (non-hydrogen) atoms. The molecule has 2 amide bonds. The number of amides is 2. The lowest BCUT2D eigenvalue weighted by Crippen LogP contribution is -2.46. The van der Waals surface area contributed by atoms with Crippen molar-refractivity contribution in [3.8, 4) is 0 Å². The lowest BCUT2D eigenvalue weighted by atomic mass is 10.1. The summed E-state index contributed by atoms with van der Waals surface area (Å²) in [5, 5.41) is 6.55. The van der Waals surface area contributed by atoms with Crippen LogP contribution in [-0.2, 0) is 9.59 Å². The van der Waals surface area contributed by atoms with E-state index in [-0.39, 0.29) is 41.8 Å². The molecule has 3 rings (SSSR count). The van der Waals surface area contributed by atoms with Gasteiger partial charge in [-0.2, -0.15) is 0 Å². The number of aliphatic imine (C=N–C) groups is 1. The van der Waals surface area contributed by atoms with Crippen LogP contribution in [0.2, 0.25) is 0 Å². The van der Waals surface area contributed by atoms with E-state index in [1.54, 1.807) is 0 Å². The number of halogens is 1. The van der Waals surface area contributed by atoms with E-state index in [0.717, 1.165) is 25.6 Å². The van der Waals surface area contributed by atoms with Crippen LogP contribution in [0.5, 0.6) is 0 Å². The summed E-state index contributed by atoms with van der Waals surface area (Å²) in [5.74, 6) is 0.593. The molecular weight excluding hydrogens is 493 g/mol. The first-order valence-corrected chi connectivity index (χ1v) is 10.8. The van der Waals surface area contributed by atoms with E-state index in [1.165, 1.54) is 23.3 Å². The molecule has 2 heterocycles. The van der Waals surface area contributed by atoms with Crippen LogP contribution >= 0.6 is 24.0 Å². The lowest BCUT2D eigenvalue weighted by Gasteiger charge is -2.27. The van der Waals surface area contributed by atoms with Gasteiger partial charge in [-0.3, -0.25) is 24.4 Å². The van der Waals surface area contributed by atoms with Crippen LogP contribution in [0.3, 0.4) is 0 Å². The van der Waals surface area contributed by atoms with Crippen LogP contribution in [0.25, 0.3) is 0 Å². The minimum atomic E-state index is -0.0665. The van der Waals surface area contributed by atoms with Crippen LogP contribution in [0.15, 0.2) is 35.3 Å². The predicted molar refractivity (Wildman–Crippen MR) is 130 cm³/mol. The highest BCUT2D eigenvalue weighted by molar-refractivity contribution is 14.0. The molecule has 1 aromatic carbocycles. The van der Waals surface area contributed by atoms with Gasteiger partial charge in [0, 0.05) is 32.5 Å². The molecular formula is C22H34IN5O2. The maximum Gasteiger partial charge on any atom is 0.229 e. The maximum atomic E-state index is 12.0. The summed E-state index contributed by atoms with van der Waals surface area (Å²) in [5.41, 5.74) is 1.29. The van der Waals surface area contributed by atoms with E-state index in [1.807, 2.05) is 13.0 Å². The Morgan fingerprint density at radius 2 is 1.70 bits per heavy atom. The highest BCUT2D eigenvalue weighted by Gasteiger charge is 2.25. The number of rotatable bonds is 8. The molecule has 1 atom stereocenters. The summed E-state index contributed by atoms with van der Waals surface area (Å²) >= 11 is 0. The van der Waals surface area contributed by atoms with Crippen molar-refractivity contribution in [3.05, 3.63) is 35.9 Å². The monoisotopic (exact) mass is 527 g/mol. The molecule has 2 aliphatic heterocycles. The number of carbonyl (C=O) groups is 2. The molecule has 2 saturated heterocycles. The molecule has 0 bridgehead atoms. The number of piperidine rings is 1. The Hall–Kier alpha value is -1.68. The Morgan fingerprint density at radius 3 is 2.33 bits per heavy atom. The summed E-state index contributed by atoms with van der Waals surface area (Å²) in [4.78, 5) is 32.6. The molecule has 0 aromatic heterocycles. The molecule has 7 nitrogen and oxygen atoms in total. The van der Waals surface area contributed by atoms with Crippen molar-refractivity contribution in [1.82, 2.24) is 20.4 Å². The fourth-order valence-electron chi connectivity index (χ4n) is 4.02. The molecule has 2 aliphatic rings. The zero-order valence-electron chi connectivity index (χ0n) is 17.8. The summed E-state index contributed by atoms with van der Waals surface area (Å²) in [6, 6.07) is 10.8. The van der Waals surface area contributed by atoms with Crippen LogP contribution < -0.4 is 10.6 Å². The van der Waals surface area contributed by atoms with E-state index in [0.29, 0.717) is 38.9 Å². The summed E-state index contributed by atoms with van der Waals surface area (Å²) < 4.78 is 0. The molecule has 166 valence electrons. The minimum absolute atomic E-state index is 0. The van der Waals surface area contributed by atoms with Crippen molar-refractivity contribution in [3.63, 3.8) is 0 Å². The zero-order valence-corrected chi connectivity index (χ0v) is 20.1. The lowest BCUT2D eigenvalue weighted by molar-refractivity contribution is -0.147. The summed E-state index contributed by atoms with van der Waals surface area (Å²) in [6.07, 6.45) is 4.08. The molecule has 1 unspecified atom stereocenters. The topological polar surface area (TPSA) is 77.0 Å². The third-order valence-electron chi connectivity index (χ3n) is 5.54. The average Bonchev–Trinajstić information content (AvgIpc) is 3.25. The molecule has 1 aromatic rings. The maximum absolute atomic E-state index is 12.0. The van der Waals surface area contributed by atoms with Crippen molar-refractivity contribution in [2.75, 3.05) is 39.3 Å². The third kappa shape index (κ3) is 6.94. The fourth-order valence-corrected chi connectivity index (χ4v) is 4.02. The van der Waals surface area contributed by atoms with Gasteiger partial charge in [-0.15, -0.1) is 24.0 Å². The van der Waals surface area contributed by atoms with Gasteiger partial charge in [0.1, 0.15) is 0 Å². The second kappa shape index (κ2) is 12.9. The van der Waals surface area contributed by atoms with E-state index in [2.05, 4.69) is 39.8 Å². The minimum Gasteiger partial charge on any atom is -0.357 e. The number of hydrogen-bond acceptors (Lipinski definition) is 4. The molecule has 8 heteroatoms. The molecule has 0 saturated carbocycles. The Kier molecular flexibility index (Phi) is 10.6. The van der Waals surface area contributed by atoms with Crippen molar-refractivity contribution >= 4 is 41.8 Å². The van der Waals surface area contributed by atoms with E-state index in [4.69, 9.17) is 4.99 Å². The van der Waals surface area contributed by atoms with Gasteiger partial charge in [0.2, 0.25) is 11.8 Å². The zero-order chi connectivity index (χ0) is 20.5. The van der Waals surface area contributed by atoms with Gasteiger partial charge >= 0.3 is 0 Å². The molecule has 0 aliphatic carbocycles. The van der Waals surface area contributed by atoms with Gasteiger partial charge in [0.05, 0.1) is 12.6 Å². The van der Waals surface area contributed by atoms with Crippen LogP contribution in [0.1, 0.15) is 50.6 Å². The van der Waals surface area contributed by atoms with Gasteiger partial charge in [-0.05, 0) is 44.8 Å². The largest absolute Gasteiger partial charge is 0.357 e. The Labute approximate surface area is 196 Å². The van der Waals surface area contributed by atoms with Crippen LogP contribution in [0, 0.1) is 0 Å². The van der Waals surface area contributed by atoms with E-state index < -0.39 is 0 Å². The molecule has 2 fully saturated rings. The number of nitrogens with zero attached hydrogens (tertiary/aromatic N) is 3. The number of likely N-dealkylation sites (tertiary alicyclic amines) is 2. The van der Waals surface area contributed by atoms with E-state index in [9.17, 15) is 9.59 Å². The number of guanidine groups is 1. The van der Waals surface area contributed by atoms with Gasteiger partial charge in [-0.1, -0.05) is 30.3 Å². The predicted octanol–water partition coefficient (Wildman–Crippen LogP) is 2.54. The molecule has 0 spiro atoms. The highest BCUT2D eigenvalue weighted by atomic mass is 127. The van der Waals surface area contributed by atoms with E-state index >= 15 is 0 Å². The second-order valence-electron chi connectivity index (χ2n) is 7.61. The van der Waals surface area contributed by atoms with Gasteiger partial charge in [0.25, 0.3) is 0 Å². The average molecular weight is 527 g/mol. The summed E-state index contributed by atoms with van der Waals surface area (Å²) in [6.45, 7) is 6.56. The first kappa shape index (κ1) is 24.6. The van der Waals surface area contributed by atoms with Gasteiger partial charge in [0.15, 0.2) is 5.96 Å². The standard InChI is InChI=1S/C22H33N5O2.HI/c1-2-23-22(24-13-16-27-20(28)11-8-12-21(27)29)25-17-19(26-14-6-7-15-26)18-9-4-3-5-10-18;/h3-5,9-10,19H,2,6-8,11-17H2,1H3,(H2,23,24,25);1H. The van der Waals surface area contributed by atoms with Crippen molar-refractivity contribution in [1.29, 1.82) is 0 Å². The van der Waals surface area contributed by atoms with Crippen molar-refractivity contribution < 1.29 is 9.59 Å². The Bertz CT molecular complexity index is 691. The number of imide groups is 1. The number of hydrogen-bond donors (Lipinski definition) is 2. The van der Waals surface area contributed by atoms with Crippen molar-refractivity contribution in [2.24, 2.45) is 4.99 Å². The smallest absolute Gasteiger partial charge is 0.229 e. The Balaban J connectivity index is 0.00000320. The number of carbonyl (C=O) groups excluding carboxylic acids is 2. The fraction of sp³-hybridized carbons (Fsp3) is 0.591. The van der Waals surface area contributed by atoms with Crippen LogP contribution in [0.4, 0.5) is 0 Å². The summed E-state index contributed by atoms with van der Waals surface area (Å²) in [7, 11) is 0. The third-order valence-corrected chi connectivity index (χ3v) is 5.54. The molecule has 0 radical (unpaired) electrons. The first-order valence-electron chi connectivity index (χ1n) is 10.8. The normalized spacial score (nSPS) is 18.8. The highest BCUT2D eigenvalue weighted by Crippen LogP contribution is 2.25. The molecule has 2 N–H and O–H groups in total. The SMILES string of the molecule is CCNC(=NCC(c1ccccc1)N1CCCC1)NCCN1C(=O)CCCC1=O.I. The Morgan fingerprint density at radius 1 is 1.03 bits per heavy atom.